The standard InChI is InChI=1S/C16H26N2O2S/c1-12(14-6-5-11-21-14)17-9-10-18(13-7-8-13)15(19)20-16(2,3)4/h5-6,11-13,17H,7-10H2,1-4H3. The summed E-state index contributed by atoms with van der Waals surface area (Å²) in [5, 5.41) is 5.56. The highest BCUT2D eigenvalue weighted by atomic mass is 32.1. The Morgan fingerprint density at radius 2 is 2.24 bits per heavy atom. The van der Waals surface area contributed by atoms with Crippen LogP contribution in [0.2, 0.25) is 0 Å². The van der Waals surface area contributed by atoms with Crippen LogP contribution in [0.25, 0.3) is 0 Å². The molecule has 0 radical (unpaired) electrons. The van der Waals surface area contributed by atoms with Crippen LogP contribution >= 0.6 is 11.3 Å². The number of rotatable bonds is 6. The van der Waals surface area contributed by atoms with Gasteiger partial charge in [0.05, 0.1) is 0 Å². The monoisotopic (exact) mass is 310 g/mol. The van der Waals surface area contributed by atoms with E-state index in [1.165, 1.54) is 4.88 Å². The van der Waals surface area contributed by atoms with Crippen molar-refractivity contribution >= 4 is 17.4 Å². The van der Waals surface area contributed by atoms with Crippen molar-refractivity contribution in [2.24, 2.45) is 0 Å². The van der Waals surface area contributed by atoms with E-state index in [-0.39, 0.29) is 6.09 Å². The van der Waals surface area contributed by atoms with Gasteiger partial charge in [-0.15, -0.1) is 11.3 Å². The van der Waals surface area contributed by atoms with Crippen LogP contribution in [0, 0.1) is 0 Å². The highest BCUT2D eigenvalue weighted by molar-refractivity contribution is 7.10. The fourth-order valence-electron chi connectivity index (χ4n) is 2.17. The Labute approximate surface area is 131 Å². The molecule has 1 unspecified atom stereocenters. The first-order chi connectivity index (χ1) is 9.87. The van der Waals surface area contributed by atoms with Crippen LogP contribution < -0.4 is 5.32 Å². The molecule has 1 heterocycles. The zero-order valence-electron chi connectivity index (χ0n) is 13.4. The van der Waals surface area contributed by atoms with Crippen LogP contribution in [0.15, 0.2) is 17.5 Å². The summed E-state index contributed by atoms with van der Waals surface area (Å²) in [5.74, 6) is 0. The normalized spacial score (nSPS) is 16.6. The smallest absolute Gasteiger partial charge is 0.410 e. The van der Waals surface area contributed by atoms with E-state index in [4.69, 9.17) is 4.74 Å². The van der Waals surface area contributed by atoms with Crippen molar-refractivity contribution in [1.82, 2.24) is 10.2 Å². The summed E-state index contributed by atoms with van der Waals surface area (Å²) in [6.07, 6.45) is 2.01. The van der Waals surface area contributed by atoms with Crippen molar-refractivity contribution in [3.63, 3.8) is 0 Å². The third-order valence-electron chi connectivity index (χ3n) is 3.39. The second kappa shape index (κ2) is 6.79. The van der Waals surface area contributed by atoms with Gasteiger partial charge >= 0.3 is 6.09 Å². The maximum Gasteiger partial charge on any atom is 0.410 e. The minimum Gasteiger partial charge on any atom is -0.444 e. The number of hydrogen-bond donors (Lipinski definition) is 1. The summed E-state index contributed by atoms with van der Waals surface area (Å²) in [5.41, 5.74) is -0.429. The fraction of sp³-hybridized carbons (Fsp3) is 0.688. The van der Waals surface area contributed by atoms with Gasteiger partial charge in [-0.1, -0.05) is 6.07 Å². The summed E-state index contributed by atoms with van der Waals surface area (Å²) in [6.45, 7) is 9.37. The van der Waals surface area contributed by atoms with Crippen molar-refractivity contribution in [3.05, 3.63) is 22.4 Å². The Bertz CT molecular complexity index is 449. The number of ether oxygens (including phenoxy) is 1. The van der Waals surface area contributed by atoms with E-state index < -0.39 is 5.60 Å². The molecule has 21 heavy (non-hydrogen) atoms. The number of nitrogens with one attached hydrogen (secondary N) is 1. The summed E-state index contributed by atoms with van der Waals surface area (Å²) >= 11 is 1.75. The van der Waals surface area contributed by atoms with Gasteiger partial charge in [-0.05, 0) is 52.0 Å². The Balaban J connectivity index is 1.79. The average molecular weight is 310 g/mol. The molecule has 2 rings (SSSR count). The average Bonchev–Trinajstić information content (AvgIpc) is 3.04. The van der Waals surface area contributed by atoms with E-state index in [9.17, 15) is 4.79 Å². The van der Waals surface area contributed by atoms with Crippen LogP contribution in [0.5, 0.6) is 0 Å². The lowest BCUT2D eigenvalue weighted by Gasteiger charge is -2.28. The van der Waals surface area contributed by atoms with Crippen LogP contribution in [0.4, 0.5) is 4.79 Å². The lowest BCUT2D eigenvalue weighted by Crippen LogP contribution is -2.42. The van der Waals surface area contributed by atoms with E-state index >= 15 is 0 Å². The highest BCUT2D eigenvalue weighted by Crippen LogP contribution is 2.28. The Kier molecular flexibility index (Phi) is 5.27. The molecule has 4 nitrogen and oxygen atoms in total. The van der Waals surface area contributed by atoms with Crippen LogP contribution in [0.1, 0.15) is 51.5 Å². The summed E-state index contributed by atoms with van der Waals surface area (Å²) in [7, 11) is 0. The molecule has 1 fully saturated rings. The largest absolute Gasteiger partial charge is 0.444 e. The molecular weight excluding hydrogens is 284 g/mol. The van der Waals surface area contributed by atoms with Crippen molar-refractivity contribution < 1.29 is 9.53 Å². The molecule has 0 aliphatic heterocycles. The zero-order chi connectivity index (χ0) is 15.5. The molecular formula is C16H26N2O2S. The van der Waals surface area contributed by atoms with Gasteiger partial charge in [0.25, 0.3) is 0 Å². The first-order valence-electron chi connectivity index (χ1n) is 7.63. The fourth-order valence-corrected chi connectivity index (χ4v) is 2.93. The topological polar surface area (TPSA) is 41.6 Å². The molecule has 5 heteroatoms. The minimum atomic E-state index is -0.429. The number of carbonyl (C=O) groups excluding carboxylic acids is 1. The summed E-state index contributed by atoms with van der Waals surface area (Å²) in [4.78, 5) is 15.4. The molecule has 1 saturated carbocycles. The van der Waals surface area contributed by atoms with E-state index in [0.717, 1.165) is 19.4 Å². The molecule has 1 N–H and O–H groups in total. The van der Waals surface area contributed by atoms with E-state index in [1.54, 1.807) is 11.3 Å². The molecule has 1 aliphatic rings. The zero-order valence-corrected chi connectivity index (χ0v) is 14.2. The molecule has 1 aromatic rings. The summed E-state index contributed by atoms with van der Waals surface area (Å²) in [6, 6.07) is 4.90. The molecule has 0 bridgehead atoms. The second-order valence-corrected chi connectivity index (χ2v) is 7.58. The maximum atomic E-state index is 12.2. The van der Waals surface area contributed by atoms with Gasteiger partial charge in [0.15, 0.2) is 0 Å². The predicted octanol–water partition coefficient (Wildman–Crippen LogP) is 3.80. The Morgan fingerprint density at radius 3 is 2.76 bits per heavy atom. The highest BCUT2D eigenvalue weighted by Gasteiger charge is 2.34. The minimum absolute atomic E-state index is 0.185. The predicted molar refractivity (Wildman–Crippen MR) is 86.7 cm³/mol. The van der Waals surface area contributed by atoms with Gasteiger partial charge in [-0.25, -0.2) is 4.79 Å². The molecule has 0 aromatic carbocycles. The number of amides is 1. The van der Waals surface area contributed by atoms with Crippen molar-refractivity contribution in [2.75, 3.05) is 13.1 Å². The number of carbonyl (C=O) groups is 1. The first kappa shape index (κ1) is 16.3. The Morgan fingerprint density at radius 1 is 1.52 bits per heavy atom. The van der Waals surface area contributed by atoms with Gasteiger partial charge < -0.3 is 15.0 Å². The molecule has 1 aromatic heterocycles. The number of thiophene rings is 1. The molecule has 1 atom stereocenters. The molecule has 118 valence electrons. The Hall–Kier alpha value is -1.07. The third-order valence-corrected chi connectivity index (χ3v) is 4.44. The van der Waals surface area contributed by atoms with Crippen molar-refractivity contribution in [2.45, 2.75) is 58.2 Å². The van der Waals surface area contributed by atoms with E-state index in [0.29, 0.717) is 18.6 Å². The lowest BCUT2D eigenvalue weighted by molar-refractivity contribution is 0.0235. The SMILES string of the molecule is CC(NCCN(C(=O)OC(C)(C)C)C1CC1)c1cccs1. The molecule has 1 aliphatic carbocycles. The van der Waals surface area contributed by atoms with Gasteiger partial charge in [0, 0.05) is 30.1 Å². The quantitative estimate of drug-likeness (QED) is 0.869. The number of hydrogen-bond acceptors (Lipinski definition) is 4. The van der Waals surface area contributed by atoms with E-state index in [2.05, 4.69) is 29.8 Å². The molecule has 0 spiro atoms. The van der Waals surface area contributed by atoms with Crippen LogP contribution in [-0.4, -0.2) is 35.7 Å². The lowest BCUT2D eigenvalue weighted by atomic mass is 10.2. The van der Waals surface area contributed by atoms with Gasteiger partial charge in [-0.3, -0.25) is 0 Å². The molecule has 1 amide bonds. The second-order valence-electron chi connectivity index (χ2n) is 6.60. The van der Waals surface area contributed by atoms with Gasteiger partial charge in [0.1, 0.15) is 5.60 Å². The third kappa shape index (κ3) is 5.32. The van der Waals surface area contributed by atoms with Crippen molar-refractivity contribution in [1.29, 1.82) is 0 Å². The van der Waals surface area contributed by atoms with Crippen LogP contribution in [0.3, 0.4) is 0 Å². The van der Waals surface area contributed by atoms with E-state index in [1.807, 2.05) is 25.7 Å². The van der Waals surface area contributed by atoms with Crippen molar-refractivity contribution in [3.8, 4) is 0 Å². The van der Waals surface area contributed by atoms with Crippen LogP contribution in [-0.2, 0) is 4.74 Å². The van der Waals surface area contributed by atoms with Gasteiger partial charge in [0.2, 0.25) is 0 Å². The first-order valence-corrected chi connectivity index (χ1v) is 8.51. The number of nitrogens with zero attached hydrogens (tertiary/aromatic N) is 1. The summed E-state index contributed by atoms with van der Waals surface area (Å²) < 4.78 is 5.49. The maximum absolute atomic E-state index is 12.2. The van der Waals surface area contributed by atoms with Gasteiger partial charge in [-0.2, -0.15) is 0 Å². The molecule has 0 saturated heterocycles.